The lowest BCUT2D eigenvalue weighted by Gasteiger charge is -2.27. The Hall–Kier alpha value is -0.180. The lowest BCUT2D eigenvalue weighted by Crippen LogP contribution is -2.31. The predicted octanol–water partition coefficient (Wildman–Crippen LogP) is 4.44. The fourth-order valence-electron chi connectivity index (χ4n) is 2.93. The molecule has 1 fully saturated rings. The molecule has 1 saturated heterocycles. The van der Waals surface area contributed by atoms with E-state index in [-0.39, 0.29) is 0 Å². The van der Waals surface area contributed by atoms with Crippen molar-refractivity contribution in [3.05, 3.63) is 0 Å². The van der Waals surface area contributed by atoms with Gasteiger partial charge in [-0.3, -0.25) is 4.79 Å². The van der Waals surface area contributed by atoms with Crippen LogP contribution in [0.5, 0.6) is 0 Å². The molecule has 0 aromatic carbocycles. The lowest BCUT2D eigenvalue weighted by atomic mass is 9.80. The Labute approximate surface area is 130 Å². The second-order valence-corrected chi connectivity index (χ2v) is 8.85. The number of nitrogens with zero attached hydrogens (tertiary/aromatic N) is 1. The molecule has 1 heterocycles. The molecule has 0 N–H and O–H groups in total. The van der Waals surface area contributed by atoms with Crippen molar-refractivity contribution in [2.24, 2.45) is 17.3 Å². The number of amides is 1. The van der Waals surface area contributed by atoms with E-state index in [4.69, 9.17) is 0 Å². The normalized spacial score (nSPS) is 21.6. The zero-order valence-corrected chi connectivity index (χ0v) is 15.1. The third kappa shape index (κ3) is 5.31. The van der Waals surface area contributed by atoms with E-state index in [0.717, 1.165) is 18.8 Å². The molecule has 0 bridgehead atoms. The molecule has 0 aromatic heterocycles. The summed E-state index contributed by atoms with van der Waals surface area (Å²) in [4.78, 5) is 14.4. The molecule has 2 unspecified atom stereocenters. The Bertz CT molecular complexity index is 309. The summed E-state index contributed by atoms with van der Waals surface area (Å²) in [5.41, 5.74) is 0.328. The highest BCUT2D eigenvalue weighted by Gasteiger charge is 2.33. The maximum Gasteiger partial charge on any atom is 0.223 e. The molecule has 1 rings (SSSR count). The van der Waals surface area contributed by atoms with Gasteiger partial charge in [0.1, 0.15) is 0 Å². The monoisotopic (exact) mass is 299 g/mol. The molecule has 0 saturated carbocycles. The Morgan fingerprint density at radius 2 is 2.00 bits per heavy atom. The number of hydrogen-bond acceptors (Lipinski definition) is 2. The summed E-state index contributed by atoms with van der Waals surface area (Å²) in [6, 6.07) is 0. The van der Waals surface area contributed by atoms with E-state index in [2.05, 4.69) is 46.4 Å². The topological polar surface area (TPSA) is 20.3 Å². The molecule has 0 aliphatic carbocycles. The van der Waals surface area contributed by atoms with Crippen molar-refractivity contribution < 1.29 is 4.79 Å². The predicted molar refractivity (Wildman–Crippen MR) is 90.1 cm³/mol. The summed E-state index contributed by atoms with van der Waals surface area (Å²) >= 11 is 1.98. The van der Waals surface area contributed by atoms with Gasteiger partial charge >= 0.3 is 0 Å². The van der Waals surface area contributed by atoms with Gasteiger partial charge in [0.25, 0.3) is 0 Å². The van der Waals surface area contributed by atoms with Crippen molar-refractivity contribution in [1.29, 1.82) is 0 Å². The quantitative estimate of drug-likeness (QED) is 0.722. The third-order valence-corrected chi connectivity index (χ3v) is 6.31. The molecule has 2 nitrogen and oxygen atoms in total. The van der Waals surface area contributed by atoms with E-state index in [1.54, 1.807) is 0 Å². The molecule has 1 aliphatic rings. The molecule has 118 valence electrons. The van der Waals surface area contributed by atoms with Gasteiger partial charge in [-0.1, -0.05) is 41.5 Å². The summed E-state index contributed by atoms with van der Waals surface area (Å²) in [6.07, 6.45) is 3.09. The van der Waals surface area contributed by atoms with Crippen LogP contribution in [0.25, 0.3) is 0 Å². The first kappa shape index (κ1) is 17.9. The minimum absolute atomic E-state index is 0.328. The maximum absolute atomic E-state index is 12.3. The van der Waals surface area contributed by atoms with Gasteiger partial charge in [-0.05, 0) is 30.1 Å². The molecule has 0 radical (unpaired) electrons. The minimum Gasteiger partial charge on any atom is -0.342 e. The molecule has 1 aliphatic heterocycles. The number of rotatable bonds is 6. The van der Waals surface area contributed by atoms with Gasteiger partial charge in [0.2, 0.25) is 5.91 Å². The highest BCUT2D eigenvalue weighted by Crippen LogP contribution is 2.34. The van der Waals surface area contributed by atoms with Crippen LogP contribution in [0.3, 0.4) is 0 Å². The lowest BCUT2D eigenvalue weighted by molar-refractivity contribution is -0.129. The average Bonchev–Trinajstić information content (AvgIpc) is 2.83. The summed E-state index contributed by atoms with van der Waals surface area (Å²) in [7, 11) is 0. The molecule has 0 spiro atoms. The average molecular weight is 300 g/mol. The van der Waals surface area contributed by atoms with E-state index in [9.17, 15) is 4.79 Å². The molecule has 2 atom stereocenters. The standard InChI is InChI=1S/C17H33NOS/c1-7-15(13(2)3)20-11-9-16(19)18-10-8-14(12-18)17(4,5)6/h13-15H,7-12H2,1-6H3. The van der Waals surface area contributed by atoms with Crippen molar-refractivity contribution >= 4 is 17.7 Å². The summed E-state index contributed by atoms with van der Waals surface area (Å²) in [5.74, 6) is 2.71. The van der Waals surface area contributed by atoms with Crippen molar-refractivity contribution in [1.82, 2.24) is 4.90 Å². The van der Waals surface area contributed by atoms with E-state index < -0.39 is 0 Å². The van der Waals surface area contributed by atoms with Crippen molar-refractivity contribution in [2.45, 2.75) is 66.1 Å². The highest BCUT2D eigenvalue weighted by atomic mass is 32.2. The second kappa shape index (κ2) is 7.72. The van der Waals surface area contributed by atoms with Gasteiger partial charge in [-0.2, -0.15) is 11.8 Å². The van der Waals surface area contributed by atoms with Crippen LogP contribution >= 0.6 is 11.8 Å². The minimum atomic E-state index is 0.328. The zero-order chi connectivity index (χ0) is 15.3. The van der Waals surface area contributed by atoms with Gasteiger partial charge in [0.15, 0.2) is 0 Å². The molecular formula is C17H33NOS. The Kier molecular flexibility index (Phi) is 6.90. The van der Waals surface area contributed by atoms with Crippen LogP contribution in [0.4, 0.5) is 0 Å². The zero-order valence-electron chi connectivity index (χ0n) is 14.2. The van der Waals surface area contributed by atoms with Crippen LogP contribution in [0, 0.1) is 17.3 Å². The van der Waals surface area contributed by atoms with Gasteiger partial charge in [0.05, 0.1) is 0 Å². The van der Waals surface area contributed by atoms with Crippen LogP contribution in [0.2, 0.25) is 0 Å². The Balaban J connectivity index is 2.31. The number of carbonyl (C=O) groups is 1. The first-order valence-corrected chi connectivity index (χ1v) is 9.20. The highest BCUT2D eigenvalue weighted by molar-refractivity contribution is 7.99. The number of hydrogen-bond donors (Lipinski definition) is 0. The molecule has 1 amide bonds. The Morgan fingerprint density at radius 1 is 1.35 bits per heavy atom. The van der Waals surface area contributed by atoms with E-state index in [1.165, 1.54) is 12.8 Å². The second-order valence-electron chi connectivity index (χ2n) is 7.50. The molecule has 20 heavy (non-hydrogen) atoms. The molecule has 0 aromatic rings. The maximum atomic E-state index is 12.3. The van der Waals surface area contributed by atoms with Crippen LogP contribution in [-0.4, -0.2) is 34.9 Å². The fraction of sp³-hybridized carbons (Fsp3) is 0.941. The van der Waals surface area contributed by atoms with Crippen LogP contribution < -0.4 is 0 Å². The fourth-order valence-corrected chi connectivity index (χ4v) is 4.15. The summed E-state index contributed by atoms with van der Waals surface area (Å²) < 4.78 is 0. The number of likely N-dealkylation sites (tertiary alicyclic amines) is 1. The van der Waals surface area contributed by atoms with E-state index in [0.29, 0.717) is 34.8 Å². The van der Waals surface area contributed by atoms with Gasteiger partial charge < -0.3 is 4.90 Å². The molecular weight excluding hydrogens is 266 g/mol. The first-order valence-electron chi connectivity index (χ1n) is 8.15. The smallest absolute Gasteiger partial charge is 0.223 e. The van der Waals surface area contributed by atoms with Crippen LogP contribution in [-0.2, 0) is 4.79 Å². The van der Waals surface area contributed by atoms with Crippen LogP contribution in [0.15, 0.2) is 0 Å². The third-order valence-electron chi connectivity index (χ3n) is 4.56. The largest absolute Gasteiger partial charge is 0.342 e. The van der Waals surface area contributed by atoms with Crippen LogP contribution in [0.1, 0.15) is 60.8 Å². The SMILES string of the molecule is CCC(SCCC(=O)N1CCC(C(C)(C)C)C1)C(C)C. The number of carbonyl (C=O) groups excluding carboxylic acids is 1. The summed E-state index contributed by atoms with van der Waals surface area (Å²) in [6.45, 7) is 15.6. The van der Waals surface area contributed by atoms with E-state index >= 15 is 0 Å². The van der Waals surface area contributed by atoms with Crippen molar-refractivity contribution in [2.75, 3.05) is 18.8 Å². The Morgan fingerprint density at radius 3 is 2.45 bits per heavy atom. The number of thioether (sulfide) groups is 1. The van der Waals surface area contributed by atoms with Crippen molar-refractivity contribution in [3.63, 3.8) is 0 Å². The summed E-state index contributed by atoms with van der Waals surface area (Å²) in [5, 5.41) is 0.698. The van der Waals surface area contributed by atoms with Gasteiger partial charge in [-0.25, -0.2) is 0 Å². The first-order chi connectivity index (χ1) is 9.25. The van der Waals surface area contributed by atoms with Crippen molar-refractivity contribution in [3.8, 4) is 0 Å². The van der Waals surface area contributed by atoms with Gasteiger partial charge in [-0.15, -0.1) is 0 Å². The van der Waals surface area contributed by atoms with E-state index in [1.807, 2.05) is 11.8 Å². The van der Waals surface area contributed by atoms with Gasteiger partial charge in [0, 0.05) is 30.5 Å². The molecule has 3 heteroatoms.